The number of rotatable bonds is 5. The van der Waals surface area contributed by atoms with Crippen molar-refractivity contribution in [2.45, 2.75) is 13.5 Å². The Kier molecular flexibility index (Phi) is 4.53. The van der Waals surface area contributed by atoms with E-state index in [2.05, 4.69) is 4.99 Å². The van der Waals surface area contributed by atoms with Crippen LogP contribution in [-0.2, 0) is 11.4 Å². The van der Waals surface area contributed by atoms with Gasteiger partial charge in [-0.05, 0) is 30.7 Å². The Labute approximate surface area is 117 Å². The van der Waals surface area contributed by atoms with Crippen LogP contribution in [0.4, 0.5) is 5.69 Å². The quantitative estimate of drug-likeness (QED) is 0.616. The number of para-hydroxylation sites is 1. The lowest BCUT2D eigenvalue weighted by Gasteiger charge is -2.13. The molecule has 0 radical (unpaired) electrons. The first-order chi connectivity index (χ1) is 9.76. The molecule has 0 aliphatic rings. The van der Waals surface area contributed by atoms with E-state index in [0.29, 0.717) is 11.4 Å². The standard InChI is InChI=1S/C16H15NO3/c1-12-6-3-4-8-15(12)20-10-13-14(17-11-18)7-5-9-16(13)19-2/h3-9H,10H2,1-2H3. The lowest BCUT2D eigenvalue weighted by molar-refractivity contribution is 0.295. The lowest BCUT2D eigenvalue weighted by Crippen LogP contribution is -2.00. The Morgan fingerprint density at radius 3 is 2.55 bits per heavy atom. The maximum absolute atomic E-state index is 10.5. The summed E-state index contributed by atoms with van der Waals surface area (Å²) < 4.78 is 11.1. The van der Waals surface area contributed by atoms with E-state index in [0.717, 1.165) is 16.9 Å². The fraction of sp³-hybridized carbons (Fsp3) is 0.188. The van der Waals surface area contributed by atoms with Crippen molar-refractivity contribution in [2.24, 2.45) is 4.99 Å². The largest absolute Gasteiger partial charge is 0.496 e. The highest BCUT2D eigenvalue weighted by Gasteiger charge is 2.10. The normalized spacial score (nSPS) is 9.70. The van der Waals surface area contributed by atoms with Crippen LogP contribution in [-0.4, -0.2) is 13.2 Å². The Balaban J connectivity index is 2.28. The number of hydrogen-bond donors (Lipinski definition) is 0. The van der Waals surface area contributed by atoms with Crippen molar-refractivity contribution in [2.75, 3.05) is 7.11 Å². The third kappa shape index (κ3) is 3.05. The maximum atomic E-state index is 10.5. The molecule has 0 heterocycles. The van der Waals surface area contributed by atoms with Gasteiger partial charge in [-0.2, -0.15) is 4.99 Å². The van der Waals surface area contributed by atoms with Gasteiger partial charge in [0.05, 0.1) is 18.4 Å². The summed E-state index contributed by atoms with van der Waals surface area (Å²) in [7, 11) is 1.57. The van der Waals surface area contributed by atoms with Crippen molar-refractivity contribution in [3.63, 3.8) is 0 Å². The Morgan fingerprint density at radius 2 is 1.85 bits per heavy atom. The zero-order chi connectivity index (χ0) is 14.4. The number of aliphatic imine (C=N–C) groups is 1. The minimum Gasteiger partial charge on any atom is -0.496 e. The molecule has 0 fully saturated rings. The molecule has 0 aromatic heterocycles. The van der Waals surface area contributed by atoms with Crippen molar-refractivity contribution in [3.05, 3.63) is 53.6 Å². The minimum atomic E-state index is 0.273. The van der Waals surface area contributed by atoms with Crippen molar-refractivity contribution < 1.29 is 14.3 Å². The molecule has 0 bridgehead atoms. The van der Waals surface area contributed by atoms with Gasteiger partial charge in [-0.3, -0.25) is 0 Å². The summed E-state index contributed by atoms with van der Waals surface area (Å²) in [6, 6.07) is 13.0. The van der Waals surface area contributed by atoms with Crippen LogP contribution >= 0.6 is 0 Å². The zero-order valence-electron chi connectivity index (χ0n) is 11.4. The van der Waals surface area contributed by atoms with Crippen molar-refractivity contribution >= 4 is 11.8 Å². The summed E-state index contributed by atoms with van der Waals surface area (Å²) >= 11 is 0. The summed E-state index contributed by atoms with van der Waals surface area (Å²) in [6.07, 6.45) is 1.55. The van der Waals surface area contributed by atoms with Gasteiger partial charge in [0.2, 0.25) is 6.08 Å². The second-order valence-electron chi connectivity index (χ2n) is 4.22. The van der Waals surface area contributed by atoms with Crippen LogP contribution in [0.15, 0.2) is 47.5 Å². The van der Waals surface area contributed by atoms with Crippen LogP contribution in [0, 0.1) is 6.92 Å². The average molecular weight is 269 g/mol. The van der Waals surface area contributed by atoms with Crippen molar-refractivity contribution in [3.8, 4) is 11.5 Å². The smallest absolute Gasteiger partial charge is 0.240 e. The lowest BCUT2D eigenvalue weighted by atomic mass is 10.1. The molecule has 2 rings (SSSR count). The molecule has 0 saturated carbocycles. The number of methoxy groups -OCH3 is 1. The van der Waals surface area contributed by atoms with Gasteiger partial charge in [0.15, 0.2) is 0 Å². The zero-order valence-corrected chi connectivity index (χ0v) is 11.4. The number of ether oxygens (including phenoxy) is 2. The van der Waals surface area contributed by atoms with Crippen molar-refractivity contribution in [1.29, 1.82) is 0 Å². The summed E-state index contributed by atoms with van der Waals surface area (Å²) in [5, 5.41) is 0. The summed E-state index contributed by atoms with van der Waals surface area (Å²) in [4.78, 5) is 14.2. The van der Waals surface area contributed by atoms with E-state index in [1.165, 1.54) is 0 Å². The third-order valence-electron chi connectivity index (χ3n) is 2.96. The molecule has 4 nitrogen and oxygen atoms in total. The average Bonchev–Trinajstić information content (AvgIpc) is 2.47. The highest BCUT2D eigenvalue weighted by atomic mass is 16.5. The van der Waals surface area contributed by atoms with Gasteiger partial charge in [-0.25, -0.2) is 4.79 Å². The first-order valence-corrected chi connectivity index (χ1v) is 6.18. The fourth-order valence-electron chi connectivity index (χ4n) is 1.91. The van der Waals surface area contributed by atoms with Crippen LogP contribution < -0.4 is 9.47 Å². The van der Waals surface area contributed by atoms with Gasteiger partial charge in [-0.1, -0.05) is 24.3 Å². The van der Waals surface area contributed by atoms with Gasteiger partial charge < -0.3 is 9.47 Å². The second-order valence-corrected chi connectivity index (χ2v) is 4.22. The monoisotopic (exact) mass is 269 g/mol. The SMILES string of the molecule is COc1cccc(N=C=O)c1COc1ccccc1C. The van der Waals surface area contributed by atoms with Gasteiger partial charge in [0.25, 0.3) is 0 Å². The predicted molar refractivity (Wildman–Crippen MR) is 76.3 cm³/mol. The molecule has 0 aliphatic heterocycles. The van der Waals surface area contributed by atoms with E-state index in [9.17, 15) is 4.79 Å². The first-order valence-electron chi connectivity index (χ1n) is 6.18. The number of aryl methyl sites for hydroxylation is 1. The Morgan fingerprint density at radius 1 is 1.10 bits per heavy atom. The molecule has 102 valence electrons. The second kappa shape index (κ2) is 6.55. The molecule has 0 N–H and O–H groups in total. The van der Waals surface area contributed by atoms with Crippen LogP contribution in [0.25, 0.3) is 0 Å². The minimum absolute atomic E-state index is 0.273. The summed E-state index contributed by atoms with van der Waals surface area (Å²) in [6.45, 7) is 2.25. The van der Waals surface area contributed by atoms with Crippen LogP contribution in [0.2, 0.25) is 0 Å². The number of nitrogens with zero attached hydrogens (tertiary/aromatic N) is 1. The molecule has 0 amide bonds. The Hall–Kier alpha value is -2.58. The molecule has 0 saturated heterocycles. The molecule has 0 spiro atoms. The van der Waals surface area contributed by atoms with E-state index >= 15 is 0 Å². The molecule has 2 aromatic rings. The van der Waals surface area contributed by atoms with Crippen LogP contribution in [0.1, 0.15) is 11.1 Å². The van der Waals surface area contributed by atoms with Gasteiger partial charge in [-0.15, -0.1) is 0 Å². The van der Waals surface area contributed by atoms with Crippen LogP contribution in [0.3, 0.4) is 0 Å². The van der Waals surface area contributed by atoms with E-state index < -0.39 is 0 Å². The van der Waals surface area contributed by atoms with Gasteiger partial charge >= 0.3 is 0 Å². The molecule has 0 unspecified atom stereocenters. The highest BCUT2D eigenvalue weighted by Crippen LogP contribution is 2.30. The molecule has 0 aliphatic carbocycles. The third-order valence-corrected chi connectivity index (χ3v) is 2.96. The predicted octanol–water partition coefficient (Wildman–Crippen LogP) is 3.55. The fourth-order valence-corrected chi connectivity index (χ4v) is 1.91. The number of hydrogen-bond acceptors (Lipinski definition) is 4. The molecule has 0 atom stereocenters. The van der Waals surface area contributed by atoms with Gasteiger partial charge in [0, 0.05) is 0 Å². The van der Waals surface area contributed by atoms with E-state index in [-0.39, 0.29) is 6.61 Å². The first kappa shape index (κ1) is 13.8. The van der Waals surface area contributed by atoms with E-state index in [4.69, 9.17) is 9.47 Å². The van der Waals surface area contributed by atoms with E-state index in [1.54, 1.807) is 31.4 Å². The molecular formula is C16H15NO3. The highest BCUT2D eigenvalue weighted by molar-refractivity contribution is 5.58. The van der Waals surface area contributed by atoms with Crippen LogP contribution in [0.5, 0.6) is 11.5 Å². The number of benzene rings is 2. The van der Waals surface area contributed by atoms with Gasteiger partial charge in [0.1, 0.15) is 18.1 Å². The topological polar surface area (TPSA) is 47.9 Å². The number of isocyanates is 1. The molecule has 4 heteroatoms. The summed E-state index contributed by atoms with van der Waals surface area (Å²) in [5.74, 6) is 1.43. The molecule has 2 aromatic carbocycles. The molecule has 20 heavy (non-hydrogen) atoms. The van der Waals surface area contributed by atoms with E-state index in [1.807, 2.05) is 31.2 Å². The van der Waals surface area contributed by atoms with Crippen molar-refractivity contribution in [1.82, 2.24) is 0 Å². The summed E-state index contributed by atoms with van der Waals surface area (Å²) in [5.41, 5.74) is 2.28. The molecular weight excluding hydrogens is 254 g/mol. The Bertz CT molecular complexity index is 646. The number of carbonyl (C=O) groups excluding carboxylic acids is 1. The maximum Gasteiger partial charge on any atom is 0.240 e.